The number of phenols is 1. The zero-order valence-electron chi connectivity index (χ0n) is 14.3. The minimum absolute atomic E-state index is 0.0694. The molecule has 2 aromatic rings. The Hall–Kier alpha value is -1.42. The normalized spacial score (nSPS) is 14.4. The monoisotopic (exact) mass is 431 g/mol. The van der Waals surface area contributed by atoms with Crippen LogP contribution in [-0.2, 0) is 22.9 Å². The molecule has 0 amide bonds. The summed E-state index contributed by atoms with van der Waals surface area (Å²) in [6.45, 7) is 0.566. The molecule has 1 aliphatic heterocycles. The zero-order chi connectivity index (χ0) is 19.3. The number of aromatic hydroxyl groups is 1. The van der Waals surface area contributed by atoms with Crippen LogP contribution in [0.1, 0.15) is 27.9 Å². The van der Waals surface area contributed by atoms with Crippen molar-refractivity contribution in [1.82, 2.24) is 0 Å². The van der Waals surface area contributed by atoms with Gasteiger partial charge in [0.1, 0.15) is 5.75 Å². The van der Waals surface area contributed by atoms with Crippen LogP contribution < -0.4 is 5.73 Å². The molecule has 1 heterocycles. The molecule has 1 fully saturated rings. The van der Waals surface area contributed by atoms with Crippen molar-refractivity contribution in [2.75, 3.05) is 6.54 Å². The molecule has 3 rings (SSSR count). The first-order valence-electron chi connectivity index (χ1n) is 7.98. The lowest BCUT2D eigenvalue weighted by atomic mass is 9.98. The third-order valence-corrected chi connectivity index (χ3v) is 6.05. The molecule has 11 heteroatoms. The van der Waals surface area contributed by atoms with E-state index in [9.17, 15) is 9.90 Å². The number of hydrogen-bond acceptors (Lipinski definition) is 7. The number of ketones is 1. The van der Waals surface area contributed by atoms with Gasteiger partial charge in [0.25, 0.3) is 0 Å². The van der Waals surface area contributed by atoms with E-state index in [0.717, 1.165) is 12.0 Å². The molecule has 0 spiro atoms. The molecule has 1 aliphatic rings. The molecular weight excluding hydrogens is 415 g/mol. The average Bonchev–Trinajstić information content (AvgIpc) is 2.67. The Balaban J connectivity index is 0.000000273. The minimum Gasteiger partial charge on any atom is -0.507 e. The lowest BCUT2D eigenvalue weighted by molar-refractivity contribution is 0.103. The zero-order valence-corrected chi connectivity index (χ0v) is 18.3. The van der Waals surface area contributed by atoms with Gasteiger partial charge in [-0.15, -0.1) is 0 Å². The van der Waals surface area contributed by atoms with Gasteiger partial charge in [0.2, 0.25) is 0 Å². The highest BCUT2D eigenvalue weighted by Gasteiger charge is 2.15. The van der Waals surface area contributed by atoms with Crippen LogP contribution >= 0.6 is 0 Å². The highest BCUT2D eigenvalue weighted by Crippen LogP contribution is 2.25. The molecule has 27 heavy (non-hydrogen) atoms. The lowest BCUT2D eigenvalue weighted by Crippen LogP contribution is -2.23. The van der Waals surface area contributed by atoms with Gasteiger partial charge >= 0.3 is 40.0 Å². The predicted octanol–water partition coefficient (Wildman–Crippen LogP) is 0.718. The second-order valence-electron chi connectivity index (χ2n) is 5.14. The molecule has 138 valence electrons. The van der Waals surface area contributed by atoms with Gasteiger partial charge in [0, 0.05) is 5.56 Å². The van der Waals surface area contributed by atoms with E-state index in [1.807, 2.05) is 24.3 Å². The van der Waals surface area contributed by atoms with Crippen molar-refractivity contribution in [3.05, 3.63) is 65.2 Å². The Morgan fingerprint density at radius 1 is 0.889 bits per heavy atom. The SMILES string of the molecule is NCCCc1cccc(C(=O)c2ccccc2)c1O.O1[Si]O[Si]O[Si]O[Si]1. The van der Waals surface area contributed by atoms with Crippen LogP contribution in [0.2, 0.25) is 0 Å². The van der Waals surface area contributed by atoms with E-state index in [-0.39, 0.29) is 51.6 Å². The molecular formula is C16H17NO6Si4. The molecule has 0 atom stereocenters. The molecule has 0 bridgehead atoms. The maximum atomic E-state index is 12.3. The summed E-state index contributed by atoms with van der Waals surface area (Å²) in [4.78, 5) is 12.3. The first-order valence-corrected chi connectivity index (χ1v) is 11.2. The highest BCUT2D eigenvalue weighted by molar-refractivity contribution is 6.50. The molecule has 0 unspecified atom stereocenters. The number of para-hydroxylation sites is 1. The Bertz CT molecular complexity index is 683. The summed E-state index contributed by atoms with van der Waals surface area (Å²) in [5.74, 6) is -0.0856. The first kappa shape index (κ1) is 21.9. The van der Waals surface area contributed by atoms with Crippen molar-refractivity contribution in [1.29, 1.82) is 0 Å². The van der Waals surface area contributed by atoms with Gasteiger partial charge < -0.3 is 27.3 Å². The summed E-state index contributed by atoms with van der Waals surface area (Å²) in [6.07, 6.45) is 1.47. The first-order chi connectivity index (χ1) is 13.2. The van der Waals surface area contributed by atoms with Crippen molar-refractivity contribution < 1.29 is 26.4 Å². The van der Waals surface area contributed by atoms with Crippen LogP contribution in [0, 0.1) is 0 Å². The van der Waals surface area contributed by atoms with E-state index in [1.165, 1.54) is 0 Å². The fourth-order valence-electron chi connectivity index (χ4n) is 2.17. The van der Waals surface area contributed by atoms with Crippen LogP contribution in [0.25, 0.3) is 0 Å². The Labute approximate surface area is 168 Å². The van der Waals surface area contributed by atoms with Gasteiger partial charge in [-0.1, -0.05) is 42.5 Å². The van der Waals surface area contributed by atoms with E-state index < -0.39 is 0 Å². The lowest BCUT2D eigenvalue weighted by Gasteiger charge is -2.08. The second-order valence-corrected chi connectivity index (χ2v) is 9.07. The van der Waals surface area contributed by atoms with Crippen LogP contribution in [0.4, 0.5) is 0 Å². The van der Waals surface area contributed by atoms with Crippen molar-refractivity contribution in [3.8, 4) is 5.75 Å². The van der Waals surface area contributed by atoms with Crippen LogP contribution in [0.3, 0.4) is 0 Å². The van der Waals surface area contributed by atoms with E-state index in [4.69, 9.17) is 22.2 Å². The molecule has 0 saturated carbocycles. The van der Waals surface area contributed by atoms with Crippen molar-refractivity contribution in [3.63, 3.8) is 0 Å². The number of phenolic OH excluding ortho intramolecular Hbond substituents is 1. The van der Waals surface area contributed by atoms with Gasteiger partial charge in [0.05, 0.1) is 5.56 Å². The number of benzene rings is 2. The number of nitrogens with two attached hydrogens (primary N) is 1. The smallest absolute Gasteiger partial charge is 0.412 e. The third kappa shape index (κ3) is 7.61. The highest BCUT2D eigenvalue weighted by atomic mass is 28.4. The molecule has 2 aromatic carbocycles. The topological polar surface area (TPSA) is 100 Å². The van der Waals surface area contributed by atoms with E-state index in [2.05, 4.69) is 0 Å². The van der Waals surface area contributed by atoms with Gasteiger partial charge in [-0.05, 0) is 31.0 Å². The number of hydrogen-bond donors (Lipinski definition) is 2. The summed E-state index contributed by atoms with van der Waals surface area (Å²) < 4.78 is 19.3. The van der Waals surface area contributed by atoms with Crippen LogP contribution in [0.5, 0.6) is 5.75 Å². The maximum Gasteiger partial charge on any atom is 0.412 e. The summed E-state index contributed by atoms with van der Waals surface area (Å²) in [5.41, 5.74) is 7.16. The van der Waals surface area contributed by atoms with Crippen molar-refractivity contribution in [2.45, 2.75) is 12.8 Å². The number of rotatable bonds is 5. The Morgan fingerprint density at radius 2 is 1.48 bits per heavy atom. The predicted molar refractivity (Wildman–Crippen MR) is 103 cm³/mol. The van der Waals surface area contributed by atoms with Gasteiger partial charge in [-0.3, -0.25) is 4.79 Å². The summed E-state index contributed by atoms with van der Waals surface area (Å²) in [6, 6.07) is 14.2. The van der Waals surface area contributed by atoms with Gasteiger partial charge in [-0.2, -0.15) is 0 Å². The minimum atomic E-state index is -0.160. The van der Waals surface area contributed by atoms with Crippen molar-refractivity contribution >= 4 is 45.8 Å². The molecule has 3 N–H and O–H groups in total. The van der Waals surface area contributed by atoms with Crippen LogP contribution in [-0.4, -0.2) is 57.5 Å². The summed E-state index contributed by atoms with van der Waals surface area (Å²) in [5, 5.41) is 10.2. The van der Waals surface area contributed by atoms with Crippen molar-refractivity contribution in [2.24, 2.45) is 5.73 Å². The Morgan fingerprint density at radius 3 is 2.04 bits per heavy atom. The Kier molecular flexibility index (Phi) is 10.4. The molecule has 7 nitrogen and oxygen atoms in total. The number of carbonyl (C=O) groups excluding carboxylic acids is 1. The fourth-order valence-corrected chi connectivity index (χ4v) is 4.88. The van der Waals surface area contributed by atoms with E-state index >= 15 is 0 Å². The van der Waals surface area contributed by atoms with Gasteiger partial charge in [-0.25, -0.2) is 0 Å². The van der Waals surface area contributed by atoms with Crippen LogP contribution in [0.15, 0.2) is 48.5 Å². The quantitative estimate of drug-likeness (QED) is 0.531. The maximum absolute atomic E-state index is 12.3. The molecule has 0 aromatic heterocycles. The van der Waals surface area contributed by atoms with Gasteiger partial charge in [0.15, 0.2) is 5.78 Å². The van der Waals surface area contributed by atoms with E-state index in [1.54, 1.807) is 24.3 Å². The number of aryl methyl sites for hydroxylation is 1. The standard InChI is InChI=1S/C16H17NO2.O4Si4/c17-11-5-9-13-8-4-10-14(16(13)19)15(18)12-6-2-1-3-7-12;1-5-2-7-4-8-3-6-1/h1-4,6-8,10,19H,5,9,11,17H2;. The molecule has 8 radical (unpaired) electrons. The number of carbonyl (C=O) groups is 1. The molecule has 1 saturated heterocycles. The third-order valence-electron chi connectivity index (χ3n) is 3.38. The summed E-state index contributed by atoms with van der Waals surface area (Å²) >= 11 is 0. The average molecular weight is 432 g/mol. The van der Waals surface area contributed by atoms with E-state index in [0.29, 0.717) is 24.1 Å². The molecule has 0 aliphatic carbocycles. The largest absolute Gasteiger partial charge is 0.507 e. The second kappa shape index (κ2) is 12.9. The fraction of sp³-hybridized carbons (Fsp3) is 0.188. The summed E-state index contributed by atoms with van der Waals surface area (Å²) in [7, 11) is 0.278.